The monoisotopic (exact) mass is 268 g/mol. The molecule has 0 saturated carbocycles. The fraction of sp³-hybridized carbons (Fsp3) is 0.333. The lowest BCUT2D eigenvalue weighted by Gasteiger charge is -2.23. The topological polar surface area (TPSA) is 15.3 Å². The van der Waals surface area contributed by atoms with Crippen LogP contribution in [0.15, 0.2) is 55.9 Å². The van der Waals surface area contributed by atoms with E-state index >= 15 is 0 Å². The van der Waals surface area contributed by atoms with Gasteiger partial charge in [-0.3, -0.25) is 0 Å². The van der Waals surface area contributed by atoms with E-state index < -0.39 is 0 Å². The molecule has 2 heteroatoms. The van der Waals surface area contributed by atoms with Crippen LogP contribution in [0, 0.1) is 0 Å². The molecule has 0 amide bonds. The van der Waals surface area contributed by atoms with Crippen LogP contribution in [-0.4, -0.2) is 18.5 Å². The molecule has 0 fully saturated rings. The van der Waals surface area contributed by atoms with Crippen molar-refractivity contribution in [2.45, 2.75) is 25.2 Å². The highest BCUT2D eigenvalue weighted by Crippen LogP contribution is 2.38. The van der Waals surface area contributed by atoms with Crippen LogP contribution in [0.3, 0.4) is 0 Å². The Kier molecular flexibility index (Phi) is 4.67. The molecule has 1 N–H and O–H groups in total. The van der Waals surface area contributed by atoms with Gasteiger partial charge in [-0.2, -0.15) is 0 Å². The number of nitrogens with one attached hydrogen (secondary N) is 1. The van der Waals surface area contributed by atoms with Crippen LogP contribution in [0.5, 0.6) is 0 Å². The van der Waals surface area contributed by atoms with Crippen LogP contribution in [0.25, 0.3) is 0 Å². The normalized spacial score (nSPS) is 16.4. The highest BCUT2D eigenvalue weighted by atomic mass is 15.1. The lowest BCUT2D eigenvalue weighted by atomic mass is 9.96. The maximum Gasteiger partial charge on any atom is 0.0399 e. The quantitative estimate of drug-likeness (QED) is 0.742. The smallest absolute Gasteiger partial charge is 0.0399 e. The van der Waals surface area contributed by atoms with Crippen LogP contribution in [0.2, 0.25) is 0 Å². The van der Waals surface area contributed by atoms with Gasteiger partial charge in [0.1, 0.15) is 0 Å². The number of fused-ring (bicyclic) bond motifs is 1. The van der Waals surface area contributed by atoms with E-state index in [9.17, 15) is 0 Å². The summed E-state index contributed by atoms with van der Waals surface area (Å²) in [5.41, 5.74) is 5.27. The number of rotatable bonds is 7. The highest BCUT2D eigenvalue weighted by molar-refractivity contribution is 5.51. The van der Waals surface area contributed by atoms with Crippen LogP contribution in [0.1, 0.15) is 29.9 Å². The Bertz CT molecular complexity index is 516. The number of anilines is 1. The van der Waals surface area contributed by atoms with Crippen molar-refractivity contribution in [3.8, 4) is 0 Å². The molecule has 0 radical (unpaired) electrons. The molecule has 1 unspecified atom stereocenters. The first-order valence-corrected chi connectivity index (χ1v) is 7.18. The van der Waals surface area contributed by atoms with E-state index in [0.717, 1.165) is 18.7 Å². The van der Waals surface area contributed by atoms with Crippen LogP contribution < -0.4 is 5.32 Å². The molecule has 2 nitrogen and oxygen atoms in total. The molecule has 0 aliphatic heterocycles. The SMILES string of the molecule is C=CCN(C=C)C(=C)CC1CCc2cc(NC)ccc21. The zero-order valence-electron chi connectivity index (χ0n) is 12.4. The van der Waals surface area contributed by atoms with Crippen LogP contribution >= 0.6 is 0 Å². The van der Waals surface area contributed by atoms with Gasteiger partial charge >= 0.3 is 0 Å². The molecular formula is C18H24N2. The number of hydrogen-bond acceptors (Lipinski definition) is 2. The molecular weight excluding hydrogens is 244 g/mol. The summed E-state index contributed by atoms with van der Waals surface area (Å²) in [7, 11) is 1.97. The molecule has 0 bridgehead atoms. The molecule has 1 aliphatic rings. The predicted octanol–water partition coefficient (Wildman–Crippen LogP) is 4.29. The second-order valence-electron chi connectivity index (χ2n) is 5.29. The van der Waals surface area contributed by atoms with Crippen molar-refractivity contribution in [2.75, 3.05) is 18.9 Å². The van der Waals surface area contributed by atoms with E-state index in [2.05, 4.69) is 48.2 Å². The highest BCUT2D eigenvalue weighted by Gasteiger charge is 2.23. The van der Waals surface area contributed by atoms with Gasteiger partial charge in [0, 0.05) is 25.0 Å². The van der Waals surface area contributed by atoms with Crippen molar-refractivity contribution >= 4 is 5.69 Å². The first-order valence-electron chi connectivity index (χ1n) is 7.18. The summed E-state index contributed by atoms with van der Waals surface area (Å²) in [4.78, 5) is 2.08. The molecule has 0 aromatic heterocycles. The summed E-state index contributed by atoms with van der Waals surface area (Å²) in [6.07, 6.45) is 7.09. The number of nitrogens with zero attached hydrogens (tertiary/aromatic N) is 1. The third-order valence-electron chi connectivity index (χ3n) is 4.07. The lowest BCUT2D eigenvalue weighted by molar-refractivity contribution is 0.472. The number of allylic oxidation sites excluding steroid dienone is 1. The summed E-state index contributed by atoms with van der Waals surface area (Å²) in [5.74, 6) is 0.579. The molecule has 106 valence electrons. The Morgan fingerprint density at radius 1 is 1.45 bits per heavy atom. The predicted molar refractivity (Wildman–Crippen MR) is 87.9 cm³/mol. The van der Waals surface area contributed by atoms with Gasteiger partial charge in [0.25, 0.3) is 0 Å². The average Bonchev–Trinajstić information content (AvgIpc) is 2.86. The van der Waals surface area contributed by atoms with Crippen LogP contribution in [-0.2, 0) is 6.42 Å². The Balaban J connectivity index is 2.08. The molecule has 20 heavy (non-hydrogen) atoms. The maximum atomic E-state index is 4.21. The summed E-state index contributed by atoms with van der Waals surface area (Å²) in [5, 5.41) is 3.21. The van der Waals surface area contributed by atoms with Gasteiger partial charge < -0.3 is 10.2 Å². The van der Waals surface area contributed by atoms with Crippen molar-refractivity contribution in [1.82, 2.24) is 4.90 Å². The first-order chi connectivity index (χ1) is 9.69. The molecule has 1 atom stereocenters. The zero-order chi connectivity index (χ0) is 14.5. The van der Waals surface area contributed by atoms with E-state index in [0.29, 0.717) is 5.92 Å². The molecule has 1 aromatic rings. The van der Waals surface area contributed by atoms with Crippen LogP contribution in [0.4, 0.5) is 5.69 Å². The van der Waals surface area contributed by atoms with Gasteiger partial charge in [0.05, 0.1) is 0 Å². The second kappa shape index (κ2) is 6.47. The van der Waals surface area contributed by atoms with Gasteiger partial charge in [0.15, 0.2) is 0 Å². The van der Waals surface area contributed by atoms with Gasteiger partial charge in [-0.25, -0.2) is 0 Å². The van der Waals surface area contributed by atoms with E-state index in [1.165, 1.54) is 29.7 Å². The molecule has 0 saturated heterocycles. The third-order valence-corrected chi connectivity index (χ3v) is 4.07. The lowest BCUT2D eigenvalue weighted by Crippen LogP contribution is -2.16. The van der Waals surface area contributed by atoms with Crippen molar-refractivity contribution in [3.05, 3.63) is 67.0 Å². The Labute approximate surface area is 122 Å². The summed E-state index contributed by atoms with van der Waals surface area (Å²) in [6.45, 7) is 12.6. The standard InChI is InChI=1S/C18H24N2/c1-5-11-20(6-2)14(3)12-15-7-8-16-13-17(19-4)9-10-18(15)16/h5-6,9-10,13,15,19H,1-3,7-8,11-12H2,4H3. The van der Waals surface area contributed by atoms with Gasteiger partial charge in [-0.15, -0.1) is 6.58 Å². The van der Waals surface area contributed by atoms with Crippen molar-refractivity contribution < 1.29 is 0 Å². The van der Waals surface area contributed by atoms with E-state index in [4.69, 9.17) is 0 Å². The summed E-state index contributed by atoms with van der Waals surface area (Å²) < 4.78 is 0. The summed E-state index contributed by atoms with van der Waals surface area (Å²) >= 11 is 0. The third kappa shape index (κ3) is 2.96. The van der Waals surface area contributed by atoms with Gasteiger partial charge in [-0.05, 0) is 54.6 Å². The molecule has 0 spiro atoms. The largest absolute Gasteiger partial charge is 0.388 e. The second-order valence-corrected chi connectivity index (χ2v) is 5.29. The van der Waals surface area contributed by atoms with E-state index in [1.807, 2.05) is 19.3 Å². The molecule has 1 aliphatic carbocycles. The summed E-state index contributed by atoms with van der Waals surface area (Å²) in [6, 6.07) is 6.69. The minimum Gasteiger partial charge on any atom is -0.388 e. The van der Waals surface area contributed by atoms with Crippen molar-refractivity contribution in [2.24, 2.45) is 0 Å². The first kappa shape index (κ1) is 14.4. The number of benzene rings is 1. The average molecular weight is 268 g/mol. The fourth-order valence-electron chi connectivity index (χ4n) is 2.95. The van der Waals surface area contributed by atoms with Crippen molar-refractivity contribution in [1.29, 1.82) is 0 Å². The van der Waals surface area contributed by atoms with Crippen molar-refractivity contribution in [3.63, 3.8) is 0 Å². The Morgan fingerprint density at radius 3 is 2.90 bits per heavy atom. The van der Waals surface area contributed by atoms with E-state index in [-0.39, 0.29) is 0 Å². The zero-order valence-corrected chi connectivity index (χ0v) is 12.4. The number of hydrogen-bond donors (Lipinski definition) is 1. The minimum atomic E-state index is 0.579. The van der Waals surface area contributed by atoms with Gasteiger partial charge in [-0.1, -0.05) is 25.3 Å². The number of aryl methyl sites for hydroxylation is 1. The molecule has 2 rings (SSSR count). The minimum absolute atomic E-state index is 0.579. The molecule has 0 heterocycles. The Hall–Kier alpha value is -1.96. The maximum absolute atomic E-state index is 4.21. The van der Waals surface area contributed by atoms with Gasteiger partial charge in [0.2, 0.25) is 0 Å². The van der Waals surface area contributed by atoms with E-state index in [1.54, 1.807) is 0 Å². The fourth-order valence-corrected chi connectivity index (χ4v) is 2.95. The molecule has 1 aromatic carbocycles. The Morgan fingerprint density at radius 2 is 2.25 bits per heavy atom.